The molecule has 24 heavy (non-hydrogen) atoms. The number of aryl methyl sites for hydroxylation is 1. The van der Waals surface area contributed by atoms with E-state index in [4.69, 9.17) is 0 Å². The molecule has 2 aromatic heterocycles. The zero-order valence-corrected chi connectivity index (χ0v) is 14.9. The molecule has 3 heterocycles. The second kappa shape index (κ2) is 7.72. The van der Waals surface area contributed by atoms with Crippen molar-refractivity contribution >= 4 is 17.4 Å². The summed E-state index contributed by atoms with van der Waals surface area (Å²) < 4.78 is 0. The van der Waals surface area contributed by atoms with Crippen molar-refractivity contribution in [1.82, 2.24) is 25.1 Å². The number of piperazine rings is 1. The molecule has 1 atom stereocenters. The maximum absolute atomic E-state index is 12.4. The van der Waals surface area contributed by atoms with E-state index in [1.54, 1.807) is 23.7 Å². The summed E-state index contributed by atoms with van der Waals surface area (Å²) in [5.74, 6) is 0. The van der Waals surface area contributed by atoms with Gasteiger partial charge in [0.15, 0.2) is 0 Å². The number of thiazole rings is 1. The Balaban J connectivity index is 1.46. The lowest BCUT2D eigenvalue weighted by atomic mass is 10.1. The van der Waals surface area contributed by atoms with Crippen molar-refractivity contribution in [3.63, 3.8) is 0 Å². The molecule has 7 heteroatoms. The number of hydrogen-bond acceptors (Lipinski definition) is 5. The predicted octanol–water partition coefficient (Wildman–Crippen LogP) is 2.43. The van der Waals surface area contributed by atoms with Gasteiger partial charge in [0.2, 0.25) is 0 Å². The maximum atomic E-state index is 12.4. The van der Waals surface area contributed by atoms with E-state index >= 15 is 0 Å². The number of carbonyl (C=O) groups excluding carboxylic acids is 1. The highest BCUT2D eigenvalue weighted by Gasteiger charge is 2.22. The number of amides is 2. The molecule has 0 saturated carbocycles. The van der Waals surface area contributed by atoms with Crippen LogP contribution in [0.15, 0.2) is 29.9 Å². The summed E-state index contributed by atoms with van der Waals surface area (Å²) in [6.45, 7) is 8.15. The van der Waals surface area contributed by atoms with E-state index in [2.05, 4.69) is 25.6 Å². The summed E-state index contributed by atoms with van der Waals surface area (Å²) in [6, 6.07) is 3.84. The van der Waals surface area contributed by atoms with Crippen molar-refractivity contribution < 1.29 is 4.79 Å². The molecule has 1 aliphatic rings. The van der Waals surface area contributed by atoms with E-state index in [1.807, 2.05) is 30.9 Å². The third kappa shape index (κ3) is 4.30. The van der Waals surface area contributed by atoms with Crippen LogP contribution in [0.5, 0.6) is 0 Å². The van der Waals surface area contributed by atoms with Gasteiger partial charge in [-0.1, -0.05) is 0 Å². The molecule has 0 aromatic carbocycles. The minimum Gasteiger partial charge on any atom is -0.331 e. The second-order valence-electron chi connectivity index (χ2n) is 6.07. The number of rotatable bonds is 4. The van der Waals surface area contributed by atoms with Gasteiger partial charge in [-0.05, 0) is 31.5 Å². The van der Waals surface area contributed by atoms with E-state index in [1.165, 1.54) is 0 Å². The average molecular weight is 345 g/mol. The van der Waals surface area contributed by atoms with Crippen LogP contribution in [0.3, 0.4) is 0 Å². The first-order valence-corrected chi connectivity index (χ1v) is 9.08. The van der Waals surface area contributed by atoms with Crippen LogP contribution in [0, 0.1) is 6.92 Å². The molecule has 128 valence electrons. The van der Waals surface area contributed by atoms with Gasteiger partial charge < -0.3 is 10.2 Å². The highest BCUT2D eigenvalue weighted by Crippen LogP contribution is 2.14. The SMILES string of the molecule is Cc1nc(CN2CCN(C(=O)N[C@H](C)c3ccncc3)CC2)cs1. The van der Waals surface area contributed by atoms with Crippen molar-refractivity contribution in [1.29, 1.82) is 0 Å². The van der Waals surface area contributed by atoms with E-state index in [0.717, 1.165) is 49.0 Å². The minimum absolute atomic E-state index is 0.00321. The van der Waals surface area contributed by atoms with Crippen LogP contribution in [0.1, 0.15) is 29.2 Å². The third-order valence-corrected chi connectivity index (χ3v) is 5.08. The summed E-state index contributed by atoms with van der Waals surface area (Å²) in [4.78, 5) is 25.2. The summed E-state index contributed by atoms with van der Waals surface area (Å²) in [6.07, 6.45) is 3.49. The van der Waals surface area contributed by atoms with Gasteiger partial charge in [0, 0.05) is 50.5 Å². The minimum atomic E-state index is -0.0171. The van der Waals surface area contributed by atoms with E-state index < -0.39 is 0 Å². The Morgan fingerprint density at radius 3 is 2.62 bits per heavy atom. The van der Waals surface area contributed by atoms with Crippen molar-refractivity contribution in [2.75, 3.05) is 26.2 Å². The van der Waals surface area contributed by atoms with Crippen LogP contribution in [0.4, 0.5) is 4.79 Å². The Hall–Kier alpha value is -1.99. The molecule has 1 saturated heterocycles. The van der Waals surface area contributed by atoms with Gasteiger partial charge in [0.1, 0.15) is 0 Å². The van der Waals surface area contributed by atoms with Crippen molar-refractivity contribution in [2.24, 2.45) is 0 Å². The van der Waals surface area contributed by atoms with Crippen LogP contribution in [0.25, 0.3) is 0 Å². The Labute approximate surface area is 146 Å². The Bertz CT molecular complexity index is 667. The van der Waals surface area contributed by atoms with Gasteiger partial charge in [-0.25, -0.2) is 9.78 Å². The molecule has 6 nitrogen and oxygen atoms in total. The van der Waals surface area contributed by atoms with Crippen LogP contribution in [-0.2, 0) is 6.54 Å². The lowest BCUT2D eigenvalue weighted by Gasteiger charge is -2.35. The Morgan fingerprint density at radius 1 is 1.29 bits per heavy atom. The molecule has 0 unspecified atom stereocenters. The summed E-state index contributed by atoms with van der Waals surface area (Å²) in [5, 5.41) is 6.28. The average Bonchev–Trinajstić information content (AvgIpc) is 3.01. The smallest absolute Gasteiger partial charge is 0.317 e. The highest BCUT2D eigenvalue weighted by molar-refractivity contribution is 7.09. The number of nitrogens with zero attached hydrogens (tertiary/aromatic N) is 4. The van der Waals surface area contributed by atoms with Crippen LogP contribution in [0.2, 0.25) is 0 Å². The maximum Gasteiger partial charge on any atom is 0.317 e. The van der Waals surface area contributed by atoms with Crippen LogP contribution >= 0.6 is 11.3 Å². The molecular formula is C17H23N5OS. The zero-order chi connectivity index (χ0) is 16.9. The standard InChI is InChI=1S/C17H23N5OS/c1-13(15-3-5-18-6-4-15)19-17(23)22-9-7-21(8-10-22)11-16-12-24-14(2)20-16/h3-6,12-13H,7-11H2,1-2H3,(H,19,23)/t13-/m1/s1. The number of hydrogen-bond donors (Lipinski definition) is 1. The first-order chi connectivity index (χ1) is 11.6. The van der Waals surface area contributed by atoms with Gasteiger partial charge in [-0.2, -0.15) is 0 Å². The molecule has 0 spiro atoms. The second-order valence-corrected chi connectivity index (χ2v) is 7.14. The van der Waals surface area contributed by atoms with Crippen LogP contribution in [-0.4, -0.2) is 52.0 Å². The largest absolute Gasteiger partial charge is 0.331 e. The fourth-order valence-electron chi connectivity index (χ4n) is 2.83. The van der Waals surface area contributed by atoms with Gasteiger partial charge in [0.05, 0.1) is 16.7 Å². The number of urea groups is 1. The topological polar surface area (TPSA) is 61.4 Å². The molecule has 2 amide bonds. The van der Waals surface area contributed by atoms with Crippen molar-refractivity contribution in [3.8, 4) is 0 Å². The number of pyridine rings is 1. The number of carbonyl (C=O) groups is 1. The molecule has 3 rings (SSSR count). The molecule has 0 radical (unpaired) electrons. The number of nitrogens with one attached hydrogen (secondary N) is 1. The van der Waals surface area contributed by atoms with E-state index in [9.17, 15) is 4.79 Å². The number of aromatic nitrogens is 2. The lowest BCUT2D eigenvalue weighted by molar-refractivity contribution is 0.133. The van der Waals surface area contributed by atoms with Gasteiger partial charge in [-0.15, -0.1) is 11.3 Å². The van der Waals surface area contributed by atoms with Gasteiger partial charge in [-0.3, -0.25) is 9.88 Å². The summed E-state index contributed by atoms with van der Waals surface area (Å²) in [7, 11) is 0. The molecular weight excluding hydrogens is 322 g/mol. The Morgan fingerprint density at radius 2 is 2.00 bits per heavy atom. The monoisotopic (exact) mass is 345 g/mol. The molecule has 0 bridgehead atoms. The van der Waals surface area contributed by atoms with Crippen LogP contribution < -0.4 is 5.32 Å². The molecule has 0 aliphatic carbocycles. The lowest BCUT2D eigenvalue weighted by Crippen LogP contribution is -2.51. The van der Waals surface area contributed by atoms with Gasteiger partial charge >= 0.3 is 6.03 Å². The molecule has 1 N–H and O–H groups in total. The predicted molar refractivity (Wildman–Crippen MR) is 94.9 cm³/mol. The highest BCUT2D eigenvalue weighted by atomic mass is 32.1. The molecule has 2 aromatic rings. The third-order valence-electron chi connectivity index (χ3n) is 4.26. The normalized spacial score (nSPS) is 16.8. The first kappa shape index (κ1) is 16.9. The van der Waals surface area contributed by atoms with Crippen molar-refractivity contribution in [2.45, 2.75) is 26.4 Å². The van der Waals surface area contributed by atoms with E-state index in [0.29, 0.717) is 0 Å². The molecule has 1 aliphatic heterocycles. The molecule has 1 fully saturated rings. The van der Waals surface area contributed by atoms with Gasteiger partial charge in [0.25, 0.3) is 0 Å². The summed E-state index contributed by atoms with van der Waals surface area (Å²) in [5.41, 5.74) is 2.19. The fraction of sp³-hybridized carbons (Fsp3) is 0.471. The first-order valence-electron chi connectivity index (χ1n) is 8.20. The fourth-order valence-corrected chi connectivity index (χ4v) is 3.43. The zero-order valence-electron chi connectivity index (χ0n) is 14.1. The summed E-state index contributed by atoms with van der Waals surface area (Å²) >= 11 is 1.69. The quantitative estimate of drug-likeness (QED) is 0.924. The van der Waals surface area contributed by atoms with Crippen molar-refractivity contribution in [3.05, 3.63) is 46.2 Å². The Kier molecular flexibility index (Phi) is 5.42. The van der Waals surface area contributed by atoms with E-state index in [-0.39, 0.29) is 12.1 Å².